The first-order valence-corrected chi connectivity index (χ1v) is 8.21. The van der Waals surface area contributed by atoms with E-state index in [1.165, 1.54) is 16.8 Å². The molecule has 112 valence electrons. The molecule has 0 saturated heterocycles. The fourth-order valence-electron chi connectivity index (χ4n) is 1.98. The van der Waals surface area contributed by atoms with Gasteiger partial charge in [0.25, 0.3) is 0 Å². The van der Waals surface area contributed by atoms with Gasteiger partial charge in [0.2, 0.25) is 0 Å². The lowest BCUT2D eigenvalue weighted by Crippen LogP contribution is -2.11. The second-order valence-corrected chi connectivity index (χ2v) is 7.06. The summed E-state index contributed by atoms with van der Waals surface area (Å²) >= 11 is 6.09. The summed E-state index contributed by atoms with van der Waals surface area (Å²) < 4.78 is 25.2. The minimum Gasteiger partial charge on any atom is -0.478 e. The Morgan fingerprint density at radius 3 is 2.57 bits per heavy atom. The molecule has 0 aliphatic heterocycles. The van der Waals surface area contributed by atoms with Gasteiger partial charge < -0.3 is 5.11 Å². The van der Waals surface area contributed by atoms with Crippen molar-refractivity contribution in [3.05, 3.63) is 46.2 Å². The van der Waals surface area contributed by atoms with Gasteiger partial charge in [0.1, 0.15) is 0 Å². The first kappa shape index (κ1) is 15.5. The Bertz CT molecular complexity index is 812. The van der Waals surface area contributed by atoms with Crippen LogP contribution in [0.4, 0.5) is 0 Å². The Morgan fingerprint density at radius 1 is 1.43 bits per heavy atom. The number of benzene rings is 1. The number of rotatable bonds is 4. The fourth-order valence-corrected chi connectivity index (χ4v) is 3.27. The van der Waals surface area contributed by atoms with Crippen molar-refractivity contribution < 1.29 is 18.3 Å². The Kier molecular flexibility index (Phi) is 4.06. The molecule has 21 heavy (non-hydrogen) atoms. The summed E-state index contributed by atoms with van der Waals surface area (Å²) in [6.45, 7) is 1.92. The molecule has 0 atom stereocenters. The molecule has 0 radical (unpaired) electrons. The molecule has 2 rings (SSSR count). The summed E-state index contributed by atoms with van der Waals surface area (Å²) in [5.41, 5.74) is 0.992. The zero-order valence-electron chi connectivity index (χ0n) is 11.4. The number of nitrogens with zero attached hydrogens (tertiary/aromatic N) is 2. The molecule has 0 saturated carbocycles. The van der Waals surface area contributed by atoms with Gasteiger partial charge in [-0.2, -0.15) is 5.10 Å². The summed E-state index contributed by atoms with van der Waals surface area (Å²) in [6, 6.07) is 2.45. The van der Waals surface area contributed by atoms with Crippen LogP contribution < -0.4 is 0 Å². The van der Waals surface area contributed by atoms with Crippen LogP contribution in [0.15, 0.2) is 29.4 Å². The number of carboxylic acid groups (broad SMARTS) is 1. The predicted octanol–water partition coefficient (Wildman–Crippen LogP) is 1.99. The van der Waals surface area contributed by atoms with Crippen molar-refractivity contribution in [1.82, 2.24) is 9.78 Å². The molecule has 0 bridgehead atoms. The minimum atomic E-state index is -3.53. The molecule has 0 spiro atoms. The van der Waals surface area contributed by atoms with Crippen molar-refractivity contribution in [2.75, 3.05) is 6.26 Å². The average molecular weight is 329 g/mol. The maximum Gasteiger partial charge on any atom is 0.337 e. The number of hydrogen-bond acceptors (Lipinski definition) is 4. The molecular weight excluding hydrogens is 316 g/mol. The fraction of sp³-hybridized carbons (Fsp3) is 0.231. The van der Waals surface area contributed by atoms with Crippen LogP contribution in [-0.2, 0) is 16.4 Å². The van der Waals surface area contributed by atoms with E-state index >= 15 is 0 Å². The largest absolute Gasteiger partial charge is 0.478 e. The highest BCUT2D eigenvalue weighted by molar-refractivity contribution is 7.90. The third-order valence-electron chi connectivity index (χ3n) is 2.91. The zero-order chi connectivity index (χ0) is 15.8. The molecule has 0 fully saturated rings. The number of aromatic nitrogens is 2. The quantitative estimate of drug-likeness (QED) is 0.927. The molecule has 0 aliphatic carbocycles. The van der Waals surface area contributed by atoms with Crippen LogP contribution >= 0.6 is 11.6 Å². The highest BCUT2D eigenvalue weighted by Crippen LogP contribution is 2.28. The smallest absolute Gasteiger partial charge is 0.337 e. The lowest BCUT2D eigenvalue weighted by Gasteiger charge is -2.12. The van der Waals surface area contributed by atoms with E-state index in [-0.39, 0.29) is 27.6 Å². The van der Waals surface area contributed by atoms with Crippen molar-refractivity contribution in [3.63, 3.8) is 0 Å². The van der Waals surface area contributed by atoms with E-state index in [1.54, 1.807) is 12.4 Å². The molecular formula is C13H13ClN2O4S. The summed E-state index contributed by atoms with van der Waals surface area (Å²) in [6.07, 6.45) is 4.39. The van der Waals surface area contributed by atoms with Crippen molar-refractivity contribution in [2.45, 2.75) is 18.4 Å². The van der Waals surface area contributed by atoms with E-state index in [1.807, 2.05) is 6.92 Å². The molecule has 6 nitrogen and oxygen atoms in total. The highest BCUT2D eigenvalue weighted by Gasteiger charge is 2.21. The van der Waals surface area contributed by atoms with Crippen LogP contribution in [0, 0.1) is 6.92 Å². The molecule has 2 aromatic rings. The van der Waals surface area contributed by atoms with Gasteiger partial charge in [-0.15, -0.1) is 0 Å². The van der Waals surface area contributed by atoms with Crippen LogP contribution in [0.5, 0.6) is 0 Å². The number of carboxylic acids is 1. The number of halogens is 1. The van der Waals surface area contributed by atoms with E-state index in [2.05, 4.69) is 5.10 Å². The van der Waals surface area contributed by atoms with Gasteiger partial charge in [0.05, 0.1) is 28.2 Å². The standard InChI is InChI=1S/C13H13ClN2O4S/c1-8-5-15-16(6-8)7-10-11(21(2,19)20)4-3-9(12(10)14)13(17)18/h3-6H,7H2,1-2H3,(H,17,18). The predicted molar refractivity (Wildman–Crippen MR) is 77.6 cm³/mol. The van der Waals surface area contributed by atoms with Gasteiger partial charge in [0.15, 0.2) is 9.84 Å². The molecule has 0 aliphatic rings. The molecule has 1 aromatic carbocycles. The number of sulfone groups is 1. The van der Waals surface area contributed by atoms with Crippen molar-refractivity contribution in [2.24, 2.45) is 0 Å². The monoisotopic (exact) mass is 328 g/mol. The molecule has 1 N–H and O–H groups in total. The van der Waals surface area contributed by atoms with Crippen molar-refractivity contribution >= 4 is 27.4 Å². The van der Waals surface area contributed by atoms with Crippen molar-refractivity contribution in [1.29, 1.82) is 0 Å². The first-order valence-electron chi connectivity index (χ1n) is 5.94. The Hall–Kier alpha value is -1.86. The van der Waals surface area contributed by atoms with E-state index in [4.69, 9.17) is 16.7 Å². The van der Waals surface area contributed by atoms with Crippen LogP contribution in [0.3, 0.4) is 0 Å². The number of hydrogen-bond donors (Lipinski definition) is 1. The Morgan fingerprint density at radius 2 is 2.10 bits per heavy atom. The molecule has 1 aromatic heterocycles. The van der Waals surface area contributed by atoms with E-state index in [9.17, 15) is 13.2 Å². The molecule has 0 unspecified atom stereocenters. The van der Waals surface area contributed by atoms with Gasteiger partial charge in [-0.05, 0) is 24.6 Å². The van der Waals surface area contributed by atoms with Crippen LogP contribution in [0.1, 0.15) is 21.5 Å². The van der Waals surface area contributed by atoms with Crippen molar-refractivity contribution in [3.8, 4) is 0 Å². The molecule has 0 amide bonds. The molecule has 1 heterocycles. The van der Waals surface area contributed by atoms with Gasteiger partial charge >= 0.3 is 5.97 Å². The third-order valence-corrected chi connectivity index (χ3v) is 4.53. The topological polar surface area (TPSA) is 89.3 Å². The van der Waals surface area contributed by atoms with E-state index in [0.29, 0.717) is 0 Å². The molecule has 8 heteroatoms. The van der Waals surface area contributed by atoms with Crippen LogP contribution in [0.25, 0.3) is 0 Å². The number of aromatic carboxylic acids is 1. The zero-order valence-corrected chi connectivity index (χ0v) is 12.9. The van der Waals surface area contributed by atoms with Gasteiger partial charge in [0, 0.05) is 18.0 Å². The lowest BCUT2D eigenvalue weighted by atomic mass is 10.1. The van der Waals surface area contributed by atoms with Gasteiger partial charge in [-0.1, -0.05) is 11.6 Å². The highest BCUT2D eigenvalue weighted by atomic mass is 35.5. The summed E-state index contributed by atoms with van der Waals surface area (Å²) in [7, 11) is -3.53. The van der Waals surface area contributed by atoms with E-state index < -0.39 is 15.8 Å². The second kappa shape index (κ2) is 5.50. The SMILES string of the molecule is Cc1cnn(Cc2c(S(C)(=O)=O)ccc(C(=O)O)c2Cl)c1. The first-order chi connectivity index (χ1) is 9.70. The maximum absolute atomic E-state index is 11.8. The second-order valence-electron chi connectivity index (χ2n) is 4.70. The third kappa shape index (κ3) is 3.25. The Labute approximate surface area is 126 Å². The Balaban J connectivity index is 2.64. The number of aryl methyl sites for hydroxylation is 1. The average Bonchev–Trinajstić information content (AvgIpc) is 2.75. The summed E-state index contributed by atoms with van der Waals surface area (Å²) in [5, 5.41) is 13.1. The number of carbonyl (C=O) groups is 1. The van der Waals surface area contributed by atoms with Crippen LogP contribution in [-0.4, -0.2) is 35.5 Å². The minimum absolute atomic E-state index is 0.00523. The van der Waals surface area contributed by atoms with Crippen LogP contribution in [0.2, 0.25) is 5.02 Å². The normalized spacial score (nSPS) is 11.6. The maximum atomic E-state index is 11.8. The lowest BCUT2D eigenvalue weighted by molar-refractivity contribution is 0.0697. The van der Waals surface area contributed by atoms with Gasteiger partial charge in [-0.3, -0.25) is 4.68 Å². The summed E-state index contributed by atoms with van der Waals surface area (Å²) in [4.78, 5) is 11.1. The van der Waals surface area contributed by atoms with Gasteiger partial charge in [-0.25, -0.2) is 13.2 Å². The van der Waals surface area contributed by atoms with E-state index in [0.717, 1.165) is 11.8 Å². The summed E-state index contributed by atoms with van der Waals surface area (Å²) in [5.74, 6) is -1.21.